The molecule has 4 heterocycles. The molecule has 96 heavy (non-hydrogen) atoms. The largest absolute Gasteiger partial charge is 0.697 e. The second-order valence-electron chi connectivity index (χ2n) is 23.1. The van der Waals surface area contributed by atoms with Gasteiger partial charge in [0.15, 0.2) is 0 Å². The van der Waals surface area contributed by atoms with Crippen molar-refractivity contribution in [3.63, 3.8) is 0 Å². The van der Waals surface area contributed by atoms with Crippen molar-refractivity contribution in [2.24, 2.45) is 0 Å². The Bertz CT molecular complexity index is 4560. The standard InChI is InChI=1S/C75H68N4O16P/c1-49-45-76(72(84)78(68(49)80)70(82)51-21-11-6-12-22-51)66-43-62(94-75(54-27-17-9-18-28-54,55-29-19-10-20-30-55)58-35-41-61(89-5)42-36-58)65(93-66)48-91-96(86)95-63-44-67(77-46-50(2)69(81)79(73(77)85)71(83)52-23-13-7-14-24-52)92-64(63)47-90-74(53-25-15-8-16-26-53,56-31-37-59(87-3)38-32-56)57-33-39-60(88-4)40-34-57/h6-42,45-46,62-67H,43-44,47-48H2,1-5H3/q+1/t62-,63-,64+,65+,66+,67+/m0/s1. The fraction of sp³-hybridized carbons (Fsp3) is 0.227. The lowest BCUT2D eigenvalue weighted by molar-refractivity contribution is -0.100. The number of nitrogens with zero attached hydrogens (tertiary/aromatic N) is 4. The van der Waals surface area contributed by atoms with Crippen molar-refractivity contribution in [3.8, 4) is 17.2 Å². The highest BCUT2D eigenvalue weighted by Gasteiger charge is 2.50. The molecular weight excluding hydrogens is 1240 g/mol. The lowest BCUT2D eigenvalue weighted by Gasteiger charge is -2.39. The number of ether oxygens (including phenoxy) is 7. The molecule has 2 fully saturated rings. The van der Waals surface area contributed by atoms with E-state index in [1.807, 2.05) is 164 Å². The Labute approximate surface area is 552 Å². The van der Waals surface area contributed by atoms with Gasteiger partial charge in [-0.2, -0.15) is 9.13 Å². The van der Waals surface area contributed by atoms with Crippen molar-refractivity contribution in [1.82, 2.24) is 18.3 Å². The number of carbonyl (C=O) groups is 2. The van der Waals surface area contributed by atoms with Gasteiger partial charge in [0.05, 0.1) is 34.0 Å². The van der Waals surface area contributed by atoms with Gasteiger partial charge in [0.1, 0.15) is 65.8 Å². The Hall–Kier alpha value is -10.3. The molecular formula is C75H68N4O16P+. The average Bonchev–Trinajstić information content (AvgIpc) is 1.19. The number of aromatic nitrogens is 4. The number of aryl methyl sites for hydroxylation is 2. The second-order valence-corrected chi connectivity index (χ2v) is 24.0. The lowest BCUT2D eigenvalue weighted by atomic mass is 9.79. The molecule has 2 aliphatic heterocycles. The van der Waals surface area contributed by atoms with E-state index in [4.69, 9.17) is 42.2 Å². The Morgan fingerprint density at radius 2 is 0.781 bits per heavy atom. The summed E-state index contributed by atoms with van der Waals surface area (Å²) in [6.45, 7) is 2.17. The summed E-state index contributed by atoms with van der Waals surface area (Å²) in [7, 11) is 1.51. The van der Waals surface area contributed by atoms with E-state index in [9.17, 15) is 28.8 Å². The van der Waals surface area contributed by atoms with Gasteiger partial charge in [-0.05, 0) is 108 Å². The highest BCUT2D eigenvalue weighted by atomic mass is 31.1. The Morgan fingerprint density at radius 1 is 0.448 bits per heavy atom. The Balaban J connectivity index is 0.926. The highest BCUT2D eigenvalue weighted by Crippen LogP contribution is 2.48. The zero-order valence-electron chi connectivity index (χ0n) is 53.1. The van der Waals surface area contributed by atoms with Gasteiger partial charge in [0.25, 0.3) is 22.9 Å². The summed E-state index contributed by atoms with van der Waals surface area (Å²) in [6, 6.07) is 66.7. The van der Waals surface area contributed by atoms with Crippen molar-refractivity contribution in [2.75, 3.05) is 34.5 Å². The first-order valence-electron chi connectivity index (χ1n) is 31.0. The minimum absolute atomic E-state index is 0.0531. The van der Waals surface area contributed by atoms with Gasteiger partial charge >= 0.3 is 19.6 Å². The van der Waals surface area contributed by atoms with Crippen LogP contribution in [-0.2, 0) is 43.8 Å². The van der Waals surface area contributed by atoms with Crippen LogP contribution < -0.4 is 36.7 Å². The molecule has 0 saturated carbocycles. The van der Waals surface area contributed by atoms with Gasteiger partial charge in [-0.3, -0.25) is 28.3 Å². The maximum atomic E-state index is 15.0. The molecule has 2 aromatic heterocycles. The van der Waals surface area contributed by atoms with Crippen molar-refractivity contribution < 1.29 is 56.4 Å². The molecule has 1 unspecified atom stereocenters. The van der Waals surface area contributed by atoms with E-state index in [2.05, 4.69) is 0 Å². The van der Waals surface area contributed by atoms with Gasteiger partial charge in [0.2, 0.25) is 0 Å². The van der Waals surface area contributed by atoms with Crippen molar-refractivity contribution in [2.45, 2.75) is 74.8 Å². The summed E-state index contributed by atoms with van der Waals surface area (Å²) in [4.78, 5) is 85.3. The van der Waals surface area contributed by atoms with E-state index in [1.165, 1.54) is 55.1 Å². The predicted molar refractivity (Wildman–Crippen MR) is 356 cm³/mol. The first-order chi connectivity index (χ1) is 46.6. The van der Waals surface area contributed by atoms with Crippen molar-refractivity contribution in [3.05, 3.63) is 334 Å². The molecule has 2 aliphatic rings. The number of carbonyl (C=O) groups excluding carboxylic acids is 2. The Morgan fingerprint density at radius 3 is 1.17 bits per heavy atom. The van der Waals surface area contributed by atoms with Crippen LogP contribution in [0.25, 0.3) is 0 Å². The zero-order chi connectivity index (χ0) is 67.1. The van der Waals surface area contributed by atoms with Crippen LogP contribution in [-0.4, -0.2) is 89.0 Å². The van der Waals surface area contributed by atoms with E-state index in [-0.39, 0.29) is 41.7 Å². The van der Waals surface area contributed by atoms with Gasteiger partial charge in [-0.1, -0.05) is 164 Å². The molecule has 10 aromatic rings. The first kappa shape index (κ1) is 65.8. The summed E-state index contributed by atoms with van der Waals surface area (Å²) >= 11 is 0. The molecule has 12 rings (SSSR count). The summed E-state index contributed by atoms with van der Waals surface area (Å²) in [5.74, 6) is 0.0732. The number of hydrogen-bond acceptors (Lipinski definition) is 16. The molecule has 0 bridgehead atoms. The first-order valence-corrected chi connectivity index (χ1v) is 32.1. The molecule has 0 N–H and O–H groups in total. The molecule has 0 spiro atoms. The van der Waals surface area contributed by atoms with Crippen molar-refractivity contribution in [1.29, 1.82) is 0 Å². The normalized spacial score (nSPS) is 18.0. The predicted octanol–water partition coefficient (Wildman–Crippen LogP) is 11.1. The fourth-order valence-electron chi connectivity index (χ4n) is 12.5. The van der Waals surface area contributed by atoms with Gasteiger partial charge < -0.3 is 33.2 Å². The monoisotopic (exact) mass is 1310 g/mol. The minimum atomic E-state index is -3.20. The molecule has 488 valence electrons. The zero-order valence-corrected chi connectivity index (χ0v) is 54.0. The van der Waals surface area contributed by atoms with Crippen LogP contribution in [0.1, 0.15) is 90.5 Å². The molecule has 0 radical (unpaired) electrons. The van der Waals surface area contributed by atoms with E-state index < -0.39 is 97.2 Å². The van der Waals surface area contributed by atoms with Crippen LogP contribution in [0.5, 0.6) is 17.2 Å². The number of rotatable bonds is 23. The van der Waals surface area contributed by atoms with E-state index >= 15 is 4.57 Å². The van der Waals surface area contributed by atoms with Crippen LogP contribution in [0.4, 0.5) is 0 Å². The SMILES string of the molecule is COc1ccc(C(OC[C@H]2O[C@@H](n3cc(C)c(=O)n(C(=O)c4ccccc4)c3=O)C[C@@H]2O[P+](=O)OC[C@H]2O[C@@H](n3cc(C)c(=O)n(C(=O)c4ccccc4)c3=O)C[C@@H]2OC(c2ccccc2)(c2ccccc2)c2ccc(OC)cc2)(c2ccccc2)c2ccc(OC)cc2)cc1. The topological polar surface area (TPSA) is 222 Å². The van der Waals surface area contributed by atoms with Gasteiger partial charge in [0, 0.05) is 52.1 Å². The lowest BCUT2D eigenvalue weighted by Crippen LogP contribution is -2.45. The van der Waals surface area contributed by atoms with Gasteiger partial charge in [-0.15, -0.1) is 9.05 Å². The molecule has 0 amide bonds. The third-order valence-corrected chi connectivity index (χ3v) is 18.2. The van der Waals surface area contributed by atoms with Crippen molar-refractivity contribution >= 4 is 20.1 Å². The summed E-state index contributed by atoms with van der Waals surface area (Å²) < 4.78 is 76.7. The van der Waals surface area contributed by atoms with E-state index in [0.717, 1.165) is 4.57 Å². The Kier molecular flexibility index (Phi) is 19.7. The molecule has 20 nitrogen and oxygen atoms in total. The summed E-state index contributed by atoms with van der Waals surface area (Å²) in [6.07, 6.45) is -4.66. The highest BCUT2D eigenvalue weighted by molar-refractivity contribution is 7.33. The van der Waals surface area contributed by atoms with Crippen LogP contribution >= 0.6 is 8.25 Å². The third-order valence-electron chi connectivity index (χ3n) is 17.4. The van der Waals surface area contributed by atoms with Gasteiger partial charge in [-0.25, -0.2) is 9.59 Å². The van der Waals surface area contributed by atoms with Crippen LogP contribution in [0, 0.1) is 13.8 Å². The molecule has 2 saturated heterocycles. The van der Waals surface area contributed by atoms with Crippen LogP contribution in [0.15, 0.2) is 256 Å². The number of benzene rings is 8. The molecule has 7 atom stereocenters. The minimum Gasteiger partial charge on any atom is -0.497 e. The quantitative estimate of drug-likeness (QED) is 0.0429. The summed E-state index contributed by atoms with van der Waals surface area (Å²) in [5.41, 5.74) is -1.92. The van der Waals surface area contributed by atoms with E-state index in [0.29, 0.717) is 59.8 Å². The average molecular weight is 1310 g/mol. The number of methoxy groups -OCH3 is 3. The molecule has 0 aliphatic carbocycles. The number of hydrogen-bond donors (Lipinski definition) is 0. The van der Waals surface area contributed by atoms with Crippen LogP contribution in [0.3, 0.4) is 0 Å². The molecule has 21 heteroatoms. The smallest absolute Gasteiger partial charge is 0.497 e. The fourth-order valence-corrected chi connectivity index (χ4v) is 13.3. The van der Waals surface area contributed by atoms with Crippen LogP contribution in [0.2, 0.25) is 0 Å². The maximum absolute atomic E-state index is 15.0. The van der Waals surface area contributed by atoms with E-state index in [1.54, 1.807) is 57.7 Å². The second kappa shape index (κ2) is 28.7. The summed E-state index contributed by atoms with van der Waals surface area (Å²) in [5, 5.41) is 0. The maximum Gasteiger partial charge on any atom is 0.697 e. The molecule has 8 aromatic carbocycles. The third kappa shape index (κ3) is 13.0.